The molecule has 11 heteroatoms. The first-order chi connectivity index (χ1) is 20.3. The number of carboxylic acid groups (broad SMARTS) is 1. The summed E-state index contributed by atoms with van der Waals surface area (Å²) in [5, 5.41) is 25.0. The topological polar surface area (TPSA) is 121 Å². The molecule has 0 atom stereocenters. The number of benzene rings is 2. The first-order valence-electron chi connectivity index (χ1n) is 14.4. The molecule has 0 aliphatic carbocycles. The van der Waals surface area contributed by atoms with Gasteiger partial charge in [0.1, 0.15) is 23.2 Å². The van der Waals surface area contributed by atoms with Gasteiger partial charge in [0.05, 0.1) is 23.5 Å². The molecular formula is C32H36ClN5O5. The fourth-order valence-electron chi connectivity index (χ4n) is 5.75. The number of rotatable bonds is 4. The van der Waals surface area contributed by atoms with Crippen LogP contribution in [0.2, 0.25) is 5.02 Å². The number of carbonyl (C=O) groups excluding carboxylic acids is 1. The number of aromatic nitrogens is 2. The molecule has 0 radical (unpaired) electrons. The second-order valence-corrected chi connectivity index (χ2v) is 13.1. The third kappa shape index (κ3) is 6.27. The molecule has 1 aromatic heterocycles. The first kappa shape index (κ1) is 30.2. The van der Waals surface area contributed by atoms with Crippen molar-refractivity contribution in [1.29, 1.82) is 5.26 Å². The maximum absolute atomic E-state index is 12.5. The van der Waals surface area contributed by atoms with Gasteiger partial charge in [0.25, 0.3) is 0 Å². The summed E-state index contributed by atoms with van der Waals surface area (Å²) < 4.78 is 13.9. The Labute approximate surface area is 256 Å². The van der Waals surface area contributed by atoms with Gasteiger partial charge in [0, 0.05) is 46.5 Å². The van der Waals surface area contributed by atoms with Crippen LogP contribution in [0.3, 0.4) is 0 Å². The number of nitrogens with zero attached hydrogens (tertiary/aromatic N) is 5. The van der Waals surface area contributed by atoms with Gasteiger partial charge in [-0.15, -0.1) is 0 Å². The fraction of sp³-hybridized carbons (Fsp3) is 0.438. The maximum Gasteiger partial charge on any atom is 0.412 e. The first-order valence-corrected chi connectivity index (χ1v) is 14.7. The van der Waals surface area contributed by atoms with Crippen LogP contribution >= 0.6 is 11.6 Å². The number of likely N-dealkylation sites (tertiary alicyclic amines) is 1. The van der Waals surface area contributed by atoms with Crippen molar-refractivity contribution in [1.82, 2.24) is 14.7 Å². The minimum Gasteiger partial charge on any atom is -0.465 e. The minimum absolute atomic E-state index is 0.0965. The number of hydrogen-bond acceptors (Lipinski definition) is 6. The number of amides is 2. The molecule has 0 spiro atoms. The van der Waals surface area contributed by atoms with E-state index < -0.39 is 17.2 Å². The average Bonchev–Trinajstić information content (AvgIpc) is 3.42. The Balaban J connectivity index is 1.49. The molecule has 5 rings (SSSR count). The van der Waals surface area contributed by atoms with E-state index in [1.807, 2.05) is 57.6 Å². The lowest BCUT2D eigenvalue weighted by molar-refractivity contribution is 0.0184. The molecule has 3 aromatic rings. The molecule has 2 aliphatic rings. The summed E-state index contributed by atoms with van der Waals surface area (Å²) in [6.07, 6.45) is 5.01. The molecule has 1 saturated heterocycles. The van der Waals surface area contributed by atoms with E-state index in [-0.39, 0.29) is 17.7 Å². The van der Waals surface area contributed by atoms with E-state index in [1.54, 1.807) is 29.3 Å². The summed E-state index contributed by atoms with van der Waals surface area (Å²) in [5.74, 6) is 0.813. The van der Waals surface area contributed by atoms with Crippen molar-refractivity contribution in [3.8, 4) is 28.7 Å². The molecule has 0 saturated carbocycles. The van der Waals surface area contributed by atoms with Crippen molar-refractivity contribution in [3.63, 3.8) is 0 Å². The van der Waals surface area contributed by atoms with Crippen LogP contribution in [0.15, 0.2) is 42.7 Å². The number of nitriles is 1. The number of halogens is 1. The Kier molecular flexibility index (Phi) is 8.05. The normalized spacial score (nSPS) is 16.8. The lowest BCUT2D eigenvalue weighted by Crippen LogP contribution is -2.50. The minimum atomic E-state index is -1.04. The Morgan fingerprint density at radius 2 is 1.88 bits per heavy atom. The van der Waals surface area contributed by atoms with Crippen molar-refractivity contribution in [2.24, 2.45) is 0 Å². The molecule has 3 heterocycles. The maximum atomic E-state index is 12.5. The van der Waals surface area contributed by atoms with Crippen LogP contribution in [0.5, 0.6) is 11.5 Å². The standard InChI is InChI=1S/C32H36ClN5O5/c1-31(2,3)43-30(41)36-14-11-23(12-15-36)37-19-21(18-35-37)24-7-8-26-25(10-13-32(4,5)38(26)29(39)40)28(24)42-27-9-6-22(33)16-20(27)17-34/h6-9,16,18-19,23H,10-15H2,1-5H3,(H,39,40). The van der Waals surface area contributed by atoms with Crippen LogP contribution in [0.4, 0.5) is 15.3 Å². The molecule has 0 unspecified atom stereocenters. The van der Waals surface area contributed by atoms with Crippen LogP contribution in [0.25, 0.3) is 11.1 Å². The van der Waals surface area contributed by atoms with Gasteiger partial charge in [-0.1, -0.05) is 11.6 Å². The smallest absolute Gasteiger partial charge is 0.412 e. The predicted molar refractivity (Wildman–Crippen MR) is 163 cm³/mol. The number of carbonyl (C=O) groups is 2. The number of piperidine rings is 1. The summed E-state index contributed by atoms with van der Waals surface area (Å²) in [4.78, 5) is 28.0. The van der Waals surface area contributed by atoms with E-state index in [4.69, 9.17) is 21.1 Å². The Bertz CT molecular complexity index is 1590. The molecule has 226 valence electrons. The van der Waals surface area contributed by atoms with Crippen molar-refractivity contribution >= 4 is 29.5 Å². The molecule has 10 nitrogen and oxygen atoms in total. The summed E-state index contributed by atoms with van der Waals surface area (Å²) in [6.45, 7) is 10.5. The quantitative estimate of drug-likeness (QED) is 0.324. The zero-order chi connectivity index (χ0) is 31.1. The molecule has 1 N–H and O–H groups in total. The number of hydrogen-bond donors (Lipinski definition) is 1. The molecule has 2 aliphatic heterocycles. The van der Waals surface area contributed by atoms with Gasteiger partial charge in [0.2, 0.25) is 0 Å². The van der Waals surface area contributed by atoms with Gasteiger partial charge >= 0.3 is 12.2 Å². The van der Waals surface area contributed by atoms with E-state index in [1.165, 1.54) is 4.90 Å². The molecular weight excluding hydrogens is 570 g/mol. The SMILES string of the molecule is CC(C)(C)OC(=O)N1CCC(n2cc(-c3ccc4c(c3Oc3ccc(Cl)cc3C#N)CCC(C)(C)N4C(=O)O)cn2)CC1. The van der Waals surface area contributed by atoms with Crippen molar-refractivity contribution in [2.75, 3.05) is 18.0 Å². The summed E-state index contributed by atoms with van der Waals surface area (Å²) >= 11 is 6.14. The molecule has 43 heavy (non-hydrogen) atoms. The van der Waals surface area contributed by atoms with Crippen molar-refractivity contribution in [2.45, 2.75) is 77.5 Å². The second-order valence-electron chi connectivity index (χ2n) is 12.6. The highest BCUT2D eigenvalue weighted by Crippen LogP contribution is 2.47. The van der Waals surface area contributed by atoms with Gasteiger partial charge < -0.3 is 19.5 Å². The summed E-state index contributed by atoms with van der Waals surface area (Å²) in [5.41, 5.74) is 1.96. The molecule has 1 fully saturated rings. The fourth-order valence-corrected chi connectivity index (χ4v) is 5.92. The van der Waals surface area contributed by atoms with Gasteiger partial charge in [0.15, 0.2) is 0 Å². The van der Waals surface area contributed by atoms with Crippen LogP contribution in [0.1, 0.15) is 71.0 Å². The third-order valence-corrected chi connectivity index (χ3v) is 8.17. The highest BCUT2D eigenvalue weighted by molar-refractivity contribution is 6.30. The summed E-state index contributed by atoms with van der Waals surface area (Å²) in [7, 11) is 0. The van der Waals surface area contributed by atoms with Crippen LogP contribution in [-0.4, -0.2) is 56.2 Å². The van der Waals surface area contributed by atoms with Crippen molar-refractivity contribution < 1.29 is 24.2 Å². The van der Waals surface area contributed by atoms with E-state index in [0.29, 0.717) is 48.1 Å². The monoisotopic (exact) mass is 605 g/mol. The number of anilines is 1. The van der Waals surface area contributed by atoms with E-state index in [9.17, 15) is 20.0 Å². The zero-order valence-corrected chi connectivity index (χ0v) is 25.8. The zero-order valence-electron chi connectivity index (χ0n) is 25.1. The number of ether oxygens (including phenoxy) is 2. The van der Waals surface area contributed by atoms with E-state index >= 15 is 0 Å². The van der Waals surface area contributed by atoms with Gasteiger partial charge in [-0.3, -0.25) is 9.58 Å². The molecule has 0 bridgehead atoms. The predicted octanol–water partition coefficient (Wildman–Crippen LogP) is 7.65. The third-order valence-electron chi connectivity index (χ3n) is 7.94. The van der Waals surface area contributed by atoms with Crippen LogP contribution < -0.4 is 9.64 Å². The van der Waals surface area contributed by atoms with E-state index in [0.717, 1.165) is 29.5 Å². The second kappa shape index (κ2) is 11.5. The van der Waals surface area contributed by atoms with Crippen molar-refractivity contribution in [3.05, 3.63) is 58.9 Å². The van der Waals surface area contributed by atoms with Crippen LogP contribution in [-0.2, 0) is 11.2 Å². The summed E-state index contributed by atoms with van der Waals surface area (Å²) in [6, 6.07) is 10.7. The Morgan fingerprint density at radius 1 is 1.16 bits per heavy atom. The van der Waals surface area contributed by atoms with Gasteiger partial charge in [-0.2, -0.15) is 10.4 Å². The number of fused-ring (bicyclic) bond motifs is 1. The van der Waals surface area contributed by atoms with Gasteiger partial charge in [-0.05, 0) is 90.6 Å². The van der Waals surface area contributed by atoms with Crippen LogP contribution in [0, 0.1) is 11.3 Å². The molecule has 2 aromatic carbocycles. The molecule has 2 amide bonds. The highest BCUT2D eigenvalue weighted by Gasteiger charge is 2.39. The van der Waals surface area contributed by atoms with Gasteiger partial charge in [-0.25, -0.2) is 9.59 Å². The Hall–Kier alpha value is -4.23. The average molecular weight is 606 g/mol. The largest absolute Gasteiger partial charge is 0.465 e. The lowest BCUT2D eigenvalue weighted by atomic mass is 9.85. The Morgan fingerprint density at radius 3 is 2.53 bits per heavy atom. The highest BCUT2D eigenvalue weighted by atomic mass is 35.5. The van der Waals surface area contributed by atoms with E-state index in [2.05, 4.69) is 11.2 Å². The lowest BCUT2D eigenvalue weighted by Gasteiger charge is -2.42.